The summed E-state index contributed by atoms with van der Waals surface area (Å²) in [6, 6.07) is 51.3. The fourth-order valence-electron chi connectivity index (χ4n) is 12.3. The Balaban J connectivity index is 1.14. The van der Waals surface area contributed by atoms with Crippen LogP contribution in [0.3, 0.4) is 0 Å². The first-order chi connectivity index (χ1) is 32.4. The Labute approximate surface area is 392 Å². The smallest absolute Gasteiger partial charge is 0.0720 e. The summed E-state index contributed by atoms with van der Waals surface area (Å²) in [5, 5.41) is 0. The molecular weight excluding hydrogens is 793 g/mol. The van der Waals surface area contributed by atoms with Gasteiger partial charge in [-0.25, -0.2) is 0 Å². The molecule has 0 atom stereocenters. The maximum atomic E-state index is 5.00. The van der Waals surface area contributed by atoms with Gasteiger partial charge in [0.05, 0.1) is 10.8 Å². The van der Waals surface area contributed by atoms with Gasteiger partial charge in [0.2, 0.25) is 0 Å². The molecule has 322 valence electrons. The quantitative estimate of drug-likeness (QED) is 0.143. The molecule has 0 bridgehead atoms. The van der Waals surface area contributed by atoms with Gasteiger partial charge in [0.1, 0.15) is 0 Å². The molecule has 0 unspecified atom stereocenters. The number of fused-ring (bicyclic) bond motifs is 11. The fourth-order valence-corrected chi connectivity index (χ4v) is 12.3. The van der Waals surface area contributed by atoms with E-state index in [4.69, 9.17) is 6.58 Å². The van der Waals surface area contributed by atoms with E-state index >= 15 is 0 Å². The van der Waals surface area contributed by atoms with Crippen molar-refractivity contribution in [3.8, 4) is 22.3 Å². The second-order valence-electron chi connectivity index (χ2n) is 19.0. The van der Waals surface area contributed by atoms with Gasteiger partial charge in [0.15, 0.2) is 0 Å². The van der Waals surface area contributed by atoms with Crippen molar-refractivity contribution >= 4 is 11.1 Å². The Morgan fingerprint density at radius 3 is 1.94 bits per heavy atom. The molecule has 0 saturated carbocycles. The molecule has 0 aliphatic heterocycles. The Kier molecular flexibility index (Phi) is 10.6. The summed E-state index contributed by atoms with van der Waals surface area (Å²) < 4.78 is 0. The molecule has 0 amide bonds. The molecule has 0 nitrogen and oxygen atoms in total. The van der Waals surface area contributed by atoms with Crippen LogP contribution >= 0.6 is 0 Å². The van der Waals surface area contributed by atoms with Gasteiger partial charge in [-0.1, -0.05) is 218 Å². The average molecular weight is 851 g/mol. The van der Waals surface area contributed by atoms with Crippen molar-refractivity contribution < 1.29 is 0 Å². The van der Waals surface area contributed by atoms with E-state index in [0.29, 0.717) is 0 Å². The van der Waals surface area contributed by atoms with Crippen LogP contribution in [0.25, 0.3) is 33.4 Å². The maximum Gasteiger partial charge on any atom is 0.0720 e. The van der Waals surface area contributed by atoms with Gasteiger partial charge in [-0.05, 0) is 166 Å². The highest BCUT2D eigenvalue weighted by molar-refractivity contribution is 5.96. The Morgan fingerprint density at radius 2 is 1.27 bits per heavy atom. The maximum absolute atomic E-state index is 5.00. The predicted molar refractivity (Wildman–Crippen MR) is 281 cm³/mol. The van der Waals surface area contributed by atoms with Crippen molar-refractivity contribution in [1.82, 2.24) is 0 Å². The van der Waals surface area contributed by atoms with Crippen LogP contribution in [0.15, 0.2) is 229 Å². The lowest BCUT2D eigenvalue weighted by molar-refractivity contribution is 0.614. The molecule has 66 heavy (non-hydrogen) atoms. The summed E-state index contributed by atoms with van der Waals surface area (Å²) in [6.07, 6.45) is 29.2. The van der Waals surface area contributed by atoms with E-state index in [-0.39, 0.29) is 0 Å². The number of rotatable bonds is 8. The van der Waals surface area contributed by atoms with E-state index in [0.717, 1.165) is 44.1 Å². The fraction of sp³-hybridized carbons (Fsp3) is 0.182. The minimum Gasteiger partial charge on any atom is -0.0942 e. The van der Waals surface area contributed by atoms with E-state index in [9.17, 15) is 0 Å². The van der Waals surface area contributed by atoms with Crippen molar-refractivity contribution in [1.29, 1.82) is 0 Å². The average Bonchev–Trinajstić information content (AvgIpc) is 4.11. The second kappa shape index (κ2) is 16.8. The van der Waals surface area contributed by atoms with Crippen LogP contribution in [0.5, 0.6) is 0 Å². The van der Waals surface area contributed by atoms with Crippen LogP contribution in [0, 0.1) is 6.92 Å². The largest absolute Gasteiger partial charge is 0.0942 e. The van der Waals surface area contributed by atoms with Gasteiger partial charge >= 0.3 is 0 Å². The zero-order valence-corrected chi connectivity index (χ0v) is 38.9. The summed E-state index contributed by atoms with van der Waals surface area (Å²) in [7, 11) is 0. The number of hydrogen-bond donors (Lipinski definition) is 0. The Bertz CT molecular complexity index is 3160. The molecule has 2 spiro atoms. The summed E-state index contributed by atoms with van der Waals surface area (Å²) in [4.78, 5) is 0. The van der Waals surface area contributed by atoms with Crippen LogP contribution in [0.1, 0.15) is 115 Å². The minimum atomic E-state index is -0.556. The predicted octanol–water partition coefficient (Wildman–Crippen LogP) is 17.3. The highest BCUT2D eigenvalue weighted by Crippen LogP contribution is 2.66. The first-order valence-electron chi connectivity index (χ1n) is 24.2. The third-order valence-electron chi connectivity index (χ3n) is 15.4. The molecular formula is C66H58. The van der Waals surface area contributed by atoms with Gasteiger partial charge in [0, 0.05) is 0 Å². The molecule has 6 aromatic carbocycles. The summed E-state index contributed by atoms with van der Waals surface area (Å²) in [5.41, 5.74) is 26.7. The first kappa shape index (κ1) is 41.7. The standard InChI is InChI=1S/C66H58/c1-6-7-28-57-45(3)20-11-12-22-46(4)65(57)59-29-15-17-31-61(59)66(62-32-18-16-30-60(62)65)58-41-38-52(43-56(58)64-47(5)54(40-42-63(64)66)53-27-19-21-44(53)2)49-34-36-51(37-35-49)55(50-25-9-8-10-26-50)39-33-48-23-13-14-24-48/h7-10,12-19,22-23,25-32,34-43H,4,6,11,20-21,24,33H2,1-3,5H3/b22-12-,28-7-,55-39+,57-45-. The van der Waals surface area contributed by atoms with Gasteiger partial charge in [-0.3, -0.25) is 0 Å². The van der Waals surface area contributed by atoms with Crippen molar-refractivity contribution in [2.75, 3.05) is 0 Å². The lowest BCUT2D eigenvalue weighted by Gasteiger charge is -2.51. The highest BCUT2D eigenvalue weighted by atomic mass is 14.6. The molecule has 11 rings (SSSR count). The number of allylic oxidation sites excluding steroid dienone is 16. The zero-order valence-electron chi connectivity index (χ0n) is 38.9. The minimum absolute atomic E-state index is 0.552. The lowest BCUT2D eigenvalue weighted by atomic mass is 9.50. The monoisotopic (exact) mass is 850 g/mol. The molecule has 0 heterocycles. The molecule has 6 aromatic rings. The number of hydrogen-bond acceptors (Lipinski definition) is 0. The van der Waals surface area contributed by atoms with Crippen LogP contribution < -0.4 is 0 Å². The van der Waals surface area contributed by atoms with Crippen LogP contribution in [0.2, 0.25) is 0 Å². The van der Waals surface area contributed by atoms with Crippen molar-refractivity contribution in [2.45, 2.75) is 77.0 Å². The van der Waals surface area contributed by atoms with Crippen molar-refractivity contribution in [3.05, 3.63) is 284 Å². The molecule has 0 radical (unpaired) electrons. The van der Waals surface area contributed by atoms with Crippen LogP contribution in [-0.2, 0) is 10.8 Å². The Hall–Kier alpha value is -7.02. The summed E-state index contributed by atoms with van der Waals surface area (Å²) in [5.74, 6) is 0. The van der Waals surface area contributed by atoms with Crippen LogP contribution in [-0.4, -0.2) is 0 Å². The van der Waals surface area contributed by atoms with Gasteiger partial charge < -0.3 is 0 Å². The van der Waals surface area contributed by atoms with E-state index in [1.54, 1.807) is 0 Å². The summed E-state index contributed by atoms with van der Waals surface area (Å²) >= 11 is 0. The zero-order chi connectivity index (χ0) is 45.0. The molecule has 0 heteroatoms. The van der Waals surface area contributed by atoms with Crippen molar-refractivity contribution in [2.24, 2.45) is 0 Å². The highest BCUT2D eigenvalue weighted by Gasteiger charge is 2.57. The topological polar surface area (TPSA) is 0 Å². The first-order valence-corrected chi connectivity index (χ1v) is 24.2. The third kappa shape index (κ3) is 6.33. The number of benzene rings is 6. The SMILES string of the molecule is C=C1/C=C\CC/C(C)=C(/C=C\CC)C12c1ccccc1C1(c3ccc(-c4ccc(/C(=C/CC5=CC=CC5)c5ccccc5)cc4)cc3-c3c1ccc(C1=C(C)CC=C1)c3C)c1ccccc12. The van der Waals surface area contributed by atoms with E-state index in [1.807, 2.05) is 0 Å². The van der Waals surface area contributed by atoms with Crippen LogP contribution in [0.4, 0.5) is 0 Å². The normalized spacial score (nSPS) is 22.2. The van der Waals surface area contributed by atoms with E-state index < -0.39 is 10.8 Å². The molecule has 0 aromatic heterocycles. The molecule has 5 aliphatic rings. The van der Waals surface area contributed by atoms with E-state index in [2.05, 4.69) is 222 Å². The third-order valence-corrected chi connectivity index (χ3v) is 15.4. The van der Waals surface area contributed by atoms with E-state index in [1.165, 1.54) is 111 Å². The molecule has 5 aliphatic carbocycles. The van der Waals surface area contributed by atoms with Gasteiger partial charge in [-0.2, -0.15) is 0 Å². The molecule has 0 saturated heterocycles. The van der Waals surface area contributed by atoms with Crippen molar-refractivity contribution in [3.63, 3.8) is 0 Å². The molecule has 0 N–H and O–H groups in total. The molecule has 0 fully saturated rings. The lowest BCUT2D eigenvalue weighted by Crippen LogP contribution is -2.45. The van der Waals surface area contributed by atoms with Gasteiger partial charge in [0.25, 0.3) is 0 Å². The Morgan fingerprint density at radius 1 is 0.606 bits per heavy atom. The second-order valence-corrected chi connectivity index (χ2v) is 19.0. The van der Waals surface area contributed by atoms with Gasteiger partial charge in [-0.15, -0.1) is 0 Å². The summed E-state index contributed by atoms with van der Waals surface area (Å²) in [6.45, 7) is 14.3.